The number of para-hydroxylation sites is 2. The molecule has 0 saturated heterocycles. The molecule has 2 heterocycles. The van der Waals surface area contributed by atoms with E-state index in [9.17, 15) is 22.8 Å². The van der Waals surface area contributed by atoms with Gasteiger partial charge in [0.1, 0.15) is 17.5 Å². The number of rotatable bonds is 7. The second-order valence-corrected chi connectivity index (χ2v) is 12.3. The van der Waals surface area contributed by atoms with E-state index >= 15 is 0 Å². The normalized spacial score (nSPS) is 18.7. The highest BCUT2D eigenvalue weighted by Crippen LogP contribution is 2.37. The van der Waals surface area contributed by atoms with Gasteiger partial charge in [0, 0.05) is 16.1 Å². The minimum Gasteiger partial charge on any atom is -0.356 e. The van der Waals surface area contributed by atoms with Crippen LogP contribution >= 0.6 is 15.9 Å². The highest BCUT2D eigenvalue weighted by molar-refractivity contribution is 9.10. The Morgan fingerprint density at radius 1 is 1.18 bits per heavy atom. The van der Waals surface area contributed by atoms with Gasteiger partial charge in [-0.05, 0) is 51.2 Å². The van der Waals surface area contributed by atoms with Crippen LogP contribution in [0.1, 0.15) is 19.5 Å². The van der Waals surface area contributed by atoms with Crippen molar-refractivity contribution in [3.05, 3.63) is 52.6 Å². The second-order valence-electron chi connectivity index (χ2n) is 9.25. The quantitative estimate of drug-likeness (QED) is 0.416. The Morgan fingerprint density at radius 2 is 1.87 bits per heavy atom. The lowest BCUT2D eigenvalue weighted by molar-refractivity contribution is -0.129. The summed E-state index contributed by atoms with van der Waals surface area (Å²) in [4.78, 5) is 43.1. The zero-order valence-electron chi connectivity index (χ0n) is 21.3. The van der Waals surface area contributed by atoms with E-state index in [0.29, 0.717) is 28.0 Å². The van der Waals surface area contributed by atoms with Gasteiger partial charge in [0.05, 0.1) is 30.0 Å². The van der Waals surface area contributed by atoms with Gasteiger partial charge in [0.15, 0.2) is 15.4 Å². The molecule has 1 aliphatic rings. The Hall–Kier alpha value is -3.29. The number of benzene rings is 2. The Morgan fingerprint density at radius 3 is 2.53 bits per heavy atom. The molecule has 11 nitrogen and oxygen atoms in total. The van der Waals surface area contributed by atoms with Gasteiger partial charge in [-0.15, -0.1) is 0 Å². The number of anilines is 2. The standard InChI is InChI=1S/C25H28BrN5O6S/c1-14(27-3)24(33)28-23-15(2)31(22(32)13-38(4,35)36)20-8-6-5-7-19(20)30(25(23)34)12-18-17-10-9-16(26)11-21(17)37-29-18/h5-11,14-15,23,27H,12-13H2,1-4H3,(H,28,33)/t14?,15-,23-/m0/s1. The first-order chi connectivity index (χ1) is 17.9. The molecule has 0 aliphatic carbocycles. The summed E-state index contributed by atoms with van der Waals surface area (Å²) < 4.78 is 30.4. The maximum absolute atomic E-state index is 14.1. The minimum atomic E-state index is -3.68. The van der Waals surface area contributed by atoms with Crippen LogP contribution in [0.25, 0.3) is 11.0 Å². The van der Waals surface area contributed by atoms with Crippen LogP contribution in [0.3, 0.4) is 0 Å². The molecule has 0 spiro atoms. The van der Waals surface area contributed by atoms with Crippen molar-refractivity contribution >= 4 is 65.8 Å². The van der Waals surface area contributed by atoms with Crippen molar-refractivity contribution in [3.8, 4) is 0 Å². The molecule has 0 saturated carbocycles. The van der Waals surface area contributed by atoms with Crippen LogP contribution in [-0.2, 0) is 30.8 Å². The molecule has 0 radical (unpaired) electrons. The third-order valence-electron chi connectivity index (χ3n) is 6.45. The Kier molecular flexibility index (Phi) is 7.90. The number of nitrogens with zero attached hydrogens (tertiary/aromatic N) is 3. The number of aromatic nitrogens is 1. The number of nitrogens with one attached hydrogen (secondary N) is 2. The molecule has 38 heavy (non-hydrogen) atoms. The predicted molar refractivity (Wildman–Crippen MR) is 146 cm³/mol. The summed E-state index contributed by atoms with van der Waals surface area (Å²) in [5.41, 5.74) is 1.72. The van der Waals surface area contributed by atoms with E-state index in [1.165, 1.54) is 9.80 Å². The molecular weight excluding hydrogens is 578 g/mol. The van der Waals surface area contributed by atoms with Crippen LogP contribution in [0.15, 0.2) is 51.5 Å². The molecule has 4 rings (SSSR count). The molecule has 2 aromatic carbocycles. The summed E-state index contributed by atoms with van der Waals surface area (Å²) in [5.74, 6) is -2.39. The van der Waals surface area contributed by atoms with Crippen molar-refractivity contribution in [1.82, 2.24) is 15.8 Å². The monoisotopic (exact) mass is 605 g/mol. The van der Waals surface area contributed by atoms with Crippen molar-refractivity contribution in [2.45, 2.75) is 38.5 Å². The van der Waals surface area contributed by atoms with Gasteiger partial charge < -0.3 is 25.0 Å². The molecule has 202 valence electrons. The average molecular weight is 606 g/mol. The predicted octanol–water partition coefficient (Wildman–Crippen LogP) is 2.00. The van der Waals surface area contributed by atoms with Gasteiger partial charge in [0.25, 0.3) is 5.91 Å². The van der Waals surface area contributed by atoms with Gasteiger partial charge >= 0.3 is 0 Å². The van der Waals surface area contributed by atoms with E-state index in [4.69, 9.17) is 4.52 Å². The zero-order valence-corrected chi connectivity index (χ0v) is 23.7. The highest BCUT2D eigenvalue weighted by atomic mass is 79.9. The summed E-state index contributed by atoms with van der Waals surface area (Å²) in [5, 5.41) is 10.5. The number of hydrogen-bond acceptors (Lipinski definition) is 8. The van der Waals surface area contributed by atoms with Gasteiger partial charge in [-0.2, -0.15) is 0 Å². The summed E-state index contributed by atoms with van der Waals surface area (Å²) in [6.45, 7) is 3.23. The van der Waals surface area contributed by atoms with Crippen molar-refractivity contribution in [1.29, 1.82) is 0 Å². The number of carbonyl (C=O) groups excluding carboxylic acids is 3. The largest absolute Gasteiger partial charge is 0.356 e. The number of sulfone groups is 1. The van der Waals surface area contributed by atoms with Crippen LogP contribution in [0, 0.1) is 0 Å². The number of halogens is 1. The van der Waals surface area contributed by atoms with Gasteiger partial charge in [-0.25, -0.2) is 8.42 Å². The molecule has 1 aliphatic heterocycles. The Bertz CT molecular complexity index is 1510. The molecule has 0 fully saturated rings. The van der Waals surface area contributed by atoms with Crippen LogP contribution in [-0.4, -0.2) is 68.5 Å². The lowest BCUT2D eigenvalue weighted by Gasteiger charge is -2.32. The molecular formula is C25H28BrN5O6S. The fourth-order valence-electron chi connectivity index (χ4n) is 4.39. The molecule has 13 heteroatoms. The second kappa shape index (κ2) is 10.8. The van der Waals surface area contributed by atoms with Crippen molar-refractivity contribution in [2.24, 2.45) is 0 Å². The van der Waals surface area contributed by atoms with E-state index < -0.39 is 51.4 Å². The molecule has 3 atom stereocenters. The lowest BCUT2D eigenvalue weighted by Crippen LogP contribution is -2.60. The van der Waals surface area contributed by atoms with E-state index in [2.05, 4.69) is 31.7 Å². The molecule has 1 aromatic heterocycles. The van der Waals surface area contributed by atoms with Crippen molar-refractivity contribution < 1.29 is 27.3 Å². The maximum Gasteiger partial charge on any atom is 0.252 e. The van der Waals surface area contributed by atoms with Gasteiger partial charge in [-0.1, -0.05) is 33.2 Å². The molecule has 3 aromatic rings. The summed E-state index contributed by atoms with van der Waals surface area (Å²) in [7, 11) is -2.07. The molecule has 3 amide bonds. The zero-order chi connectivity index (χ0) is 27.8. The number of fused-ring (bicyclic) bond motifs is 2. The summed E-state index contributed by atoms with van der Waals surface area (Å²) in [6, 6.07) is 9.43. The topological polar surface area (TPSA) is 142 Å². The lowest BCUT2D eigenvalue weighted by atomic mass is 10.1. The molecule has 0 bridgehead atoms. The van der Waals surface area contributed by atoms with Crippen LogP contribution < -0.4 is 20.4 Å². The Balaban J connectivity index is 1.85. The number of amides is 3. The third-order valence-corrected chi connectivity index (χ3v) is 7.71. The first-order valence-electron chi connectivity index (χ1n) is 11.8. The fourth-order valence-corrected chi connectivity index (χ4v) is 5.32. The molecule has 1 unspecified atom stereocenters. The van der Waals surface area contributed by atoms with Crippen molar-refractivity contribution in [2.75, 3.05) is 28.9 Å². The number of hydrogen-bond donors (Lipinski definition) is 2. The Labute approximate surface area is 228 Å². The van der Waals surface area contributed by atoms with Gasteiger partial charge in [-0.3, -0.25) is 14.4 Å². The van der Waals surface area contributed by atoms with E-state index in [-0.39, 0.29) is 6.54 Å². The number of likely N-dealkylation sites (N-methyl/N-ethyl adjacent to an activating group) is 1. The molecule has 2 N–H and O–H groups in total. The minimum absolute atomic E-state index is 0.0146. The summed E-state index contributed by atoms with van der Waals surface area (Å²) in [6.07, 6.45) is 0.971. The van der Waals surface area contributed by atoms with Gasteiger partial charge in [0.2, 0.25) is 11.8 Å². The average Bonchev–Trinajstić information content (AvgIpc) is 3.22. The highest BCUT2D eigenvalue weighted by Gasteiger charge is 2.43. The maximum atomic E-state index is 14.1. The first-order valence-corrected chi connectivity index (χ1v) is 14.7. The van der Waals surface area contributed by atoms with E-state index in [0.717, 1.165) is 10.7 Å². The van der Waals surface area contributed by atoms with Crippen LogP contribution in [0.4, 0.5) is 11.4 Å². The third kappa shape index (κ3) is 5.59. The van der Waals surface area contributed by atoms with Crippen LogP contribution in [0.5, 0.6) is 0 Å². The smallest absolute Gasteiger partial charge is 0.252 e. The summed E-state index contributed by atoms with van der Waals surface area (Å²) >= 11 is 3.40. The fraction of sp³-hybridized carbons (Fsp3) is 0.360. The SMILES string of the molecule is CNC(C)C(=O)N[C@@H]1C(=O)N(Cc2noc3cc(Br)ccc23)c2ccccc2N(C(=O)CS(C)(=O)=O)[C@H]1C. The number of carbonyl (C=O) groups is 3. The van der Waals surface area contributed by atoms with E-state index in [1.807, 2.05) is 12.1 Å². The first kappa shape index (κ1) is 27.7. The van der Waals surface area contributed by atoms with Crippen molar-refractivity contribution in [3.63, 3.8) is 0 Å². The van der Waals surface area contributed by atoms with E-state index in [1.54, 1.807) is 51.2 Å². The van der Waals surface area contributed by atoms with Crippen LogP contribution in [0.2, 0.25) is 0 Å².